The standard InChI is InChI=1S/C17H23NO2S/c1-2-20-16(19)18-9-8-17-7-4-3-5-12(17)14(18)11-15-13(17)6-10-21-15/h6,10,12,14H,2-5,7-9,11H2,1H3/t12?,14-,17-/m0/s1. The van der Waals surface area contributed by atoms with Crippen molar-refractivity contribution < 1.29 is 9.53 Å². The van der Waals surface area contributed by atoms with E-state index in [-0.39, 0.29) is 6.09 Å². The molecule has 1 unspecified atom stereocenters. The molecule has 0 aromatic carbocycles. The molecule has 3 atom stereocenters. The third-order valence-electron chi connectivity index (χ3n) is 5.94. The van der Waals surface area contributed by atoms with Crippen LogP contribution in [0.4, 0.5) is 4.79 Å². The highest BCUT2D eigenvalue weighted by Gasteiger charge is 2.55. The van der Waals surface area contributed by atoms with Crippen LogP contribution in [-0.4, -0.2) is 30.2 Å². The molecule has 4 rings (SSSR count). The predicted octanol–water partition coefficient (Wildman–Crippen LogP) is 3.96. The molecule has 2 bridgehead atoms. The third kappa shape index (κ3) is 1.88. The lowest BCUT2D eigenvalue weighted by Crippen LogP contribution is -2.61. The summed E-state index contributed by atoms with van der Waals surface area (Å²) in [7, 11) is 0. The van der Waals surface area contributed by atoms with Gasteiger partial charge in [-0.1, -0.05) is 12.8 Å². The van der Waals surface area contributed by atoms with E-state index in [1.807, 2.05) is 23.2 Å². The number of ether oxygens (including phenoxy) is 1. The molecule has 3 nitrogen and oxygen atoms in total. The van der Waals surface area contributed by atoms with Crippen molar-refractivity contribution in [3.8, 4) is 0 Å². The van der Waals surface area contributed by atoms with E-state index in [0.29, 0.717) is 24.0 Å². The molecule has 0 N–H and O–H groups in total. The van der Waals surface area contributed by atoms with E-state index >= 15 is 0 Å². The van der Waals surface area contributed by atoms with Crippen LogP contribution in [0, 0.1) is 5.92 Å². The fourth-order valence-electron chi connectivity index (χ4n) is 5.13. The van der Waals surface area contributed by atoms with Gasteiger partial charge in [0.2, 0.25) is 0 Å². The first-order valence-electron chi connectivity index (χ1n) is 8.26. The average molecular weight is 305 g/mol. The van der Waals surface area contributed by atoms with Crippen molar-refractivity contribution in [1.29, 1.82) is 0 Å². The van der Waals surface area contributed by atoms with E-state index in [1.54, 1.807) is 5.56 Å². The second kappa shape index (κ2) is 5.01. The number of thiophene rings is 1. The lowest BCUT2D eigenvalue weighted by atomic mass is 9.53. The first kappa shape index (κ1) is 13.6. The summed E-state index contributed by atoms with van der Waals surface area (Å²) in [6.45, 7) is 3.24. The van der Waals surface area contributed by atoms with Crippen molar-refractivity contribution >= 4 is 17.4 Å². The molecule has 1 aliphatic heterocycles. The van der Waals surface area contributed by atoms with Crippen LogP contribution in [0.5, 0.6) is 0 Å². The molecule has 0 spiro atoms. The van der Waals surface area contributed by atoms with Crippen LogP contribution < -0.4 is 0 Å². The molecule has 114 valence electrons. The summed E-state index contributed by atoms with van der Waals surface area (Å²) < 4.78 is 5.31. The summed E-state index contributed by atoms with van der Waals surface area (Å²) in [5, 5.41) is 2.25. The number of nitrogens with zero attached hydrogens (tertiary/aromatic N) is 1. The summed E-state index contributed by atoms with van der Waals surface area (Å²) >= 11 is 1.88. The number of amides is 1. The monoisotopic (exact) mass is 305 g/mol. The number of carbonyl (C=O) groups excluding carboxylic acids is 1. The zero-order valence-corrected chi connectivity index (χ0v) is 13.5. The van der Waals surface area contributed by atoms with Crippen LogP contribution in [0.3, 0.4) is 0 Å². The Labute approximate surface area is 130 Å². The minimum Gasteiger partial charge on any atom is -0.450 e. The van der Waals surface area contributed by atoms with Gasteiger partial charge in [-0.05, 0) is 49.1 Å². The lowest BCUT2D eigenvalue weighted by molar-refractivity contribution is -0.00997. The summed E-state index contributed by atoms with van der Waals surface area (Å²) in [6, 6.07) is 2.73. The SMILES string of the molecule is CCOC(=O)N1CC[C@@]23CCCCC2[C@@H]1Cc1sccc13. The first-order valence-corrected chi connectivity index (χ1v) is 9.14. The van der Waals surface area contributed by atoms with Crippen molar-refractivity contribution in [2.45, 2.75) is 56.9 Å². The van der Waals surface area contributed by atoms with E-state index in [1.165, 1.54) is 30.6 Å². The maximum absolute atomic E-state index is 12.3. The molecule has 4 heteroatoms. The third-order valence-corrected chi connectivity index (χ3v) is 6.88. The number of fused-ring (bicyclic) bond motifs is 1. The molecule has 1 aromatic rings. The summed E-state index contributed by atoms with van der Waals surface area (Å²) in [6.07, 6.45) is 7.32. The normalized spacial score (nSPS) is 34.0. The van der Waals surface area contributed by atoms with E-state index < -0.39 is 0 Å². The molecule has 1 aromatic heterocycles. The van der Waals surface area contributed by atoms with E-state index in [4.69, 9.17) is 4.74 Å². The quantitative estimate of drug-likeness (QED) is 0.786. The Morgan fingerprint density at radius 2 is 2.38 bits per heavy atom. The van der Waals surface area contributed by atoms with Gasteiger partial charge in [-0.15, -0.1) is 11.3 Å². The molecule has 1 saturated heterocycles. The number of rotatable bonds is 1. The molecule has 3 aliphatic rings. The summed E-state index contributed by atoms with van der Waals surface area (Å²) in [4.78, 5) is 15.9. The van der Waals surface area contributed by atoms with Crippen LogP contribution in [0.1, 0.15) is 49.5 Å². The van der Waals surface area contributed by atoms with Gasteiger partial charge in [0.1, 0.15) is 0 Å². The van der Waals surface area contributed by atoms with Gasteiger partial charge in [0.25, 0.3) is 0 Å². The van der Waals surface area contributed by atoms with Crippen LogP contribution in [-0.2, 0) is 16.6 Å². The Morgan fingerprint density at radius 1 is 1.48 bits per heavy atom. The maximum atomic E-state index is 12.3. The zero-order valence-electron chi connectivity index (χ0n) is 12.6. The van der Waals surface area contributed by atoms with Gasteiger partial charge in [-0.25, -0.2) is 4.79 Å². The second-order valence-corrected chi connectivity index (χ2v) is 7.68. The Morgan fingerprint density at radius 3 is 3.24 bits per heavy atom. The van der Waals surface area contributed by atoms with Crippen molar-refractivity contribution in [2.75, 3.05) is 13.2 Å². The average Bonchev–Trinajstić information content (AvgIpc) is 2.96. The van der Waals surface area contributed by atoms with Crippen molar-refractivity contribution in [3.63, 3.8) is 0 Å². The van der Waals surface area contributed by atoms with Gasteiger partial charge < -0.3 is 9.64 Å². The zero-order chi connectivity index (χ0) is 14.4. The summed E-state index contributed by atoms with van der Waals surface area (Å²) in [5.41, 5.74) is 1.98. The fourth-order valence-corrected chi connectivity index (χ4v) is 6.16. The Bertz CT molecular complexity index is 555. The molecule has 21 heavy (non-hydrogen) atoms. The maximum Gasteiger partial charge on any atom is 0.410 e. The Balaban J connectivity index is 1.74. The number of likely N-dealkylation sites (tertiary alicyclic amines) is 1. The van der Waals surface area contributed by atoms with Crippen LogP contribution in [0.2, 0.25) is 0 Å². The minimum atomic E-state index is -0.0957. The lowest BCUT2D eigenvalue weighted by Gasteiger charge is -2.57. The van der Waals surface area contributed by atoms with Gasteiger partial charge >= 0.3 is 6.09 Å². The van der Waals surface area contributed by atoms with Gasteiger partial charge in [0, 0.05) is 29.3 Å². The molecular weight excluding hydrogens is 282 g/mol. The Kier molecular flexibility index (Phi) is 3.25. The topological polar surface area (TPSA) is 29.5 Å². The number of hydrogen-bond acceptors (Lipinski definition) is 3. The second-order valence-electron chi connectivity index (χ2n) is 6.68. The highest BCUT2D eigenvalue weighted by molar-refractivity contribution is 7.10. The molecule has 2 fully saturated rings. The molecule has 1 amide bonds. The van der Waals surface area contributed by atoms with E-state index in [9.17, 15) is 4.79 Å². The van der Waals surface area contributed by atoms with Crippen molar-refractivity contribution in [2.24, 2.45) is 5.92 Å². The fraction of sp³-hybridized carbons (Fsp3) is 0.706. The Hall–Kier alpha value is -1.03. The van der Waals surface area contributed by atoms with Gasteiger partial charge in [0.15, 0.2) is 0 Å². The first-order chi connectivity index (χ1) is 10.3. The van der Waals surface area contributed by atoms with Gasteiger partial charge in [0.05, 0.1) is 6.61 Å². The molecule has 0 radical (unpaired) electrons. The smallest absolute Gasteiger partial charge is 0.410 e. The highest BCUT2D eigenvalue weighted by atomic mass is 32.1. The molecular formula is C17H23NO2S. The molecule has 2 heterocycles. The van der Waals surface area contributed by atoms with Crippen molar-refractivity contribution in [3.05, 3.63) is 21.9 Å². The van der Waals surface area contributed by atoms with Crippen molar-refractivity contribution in [1.82, 2.24) is 4.90 Å². The molecule has 1 saturated carbocycles. The molecule has 2 aliphatic carbocycles. The van der Waals surface area contributed by atoms with Gasteiger partial charge in [-0.3, -0.25) is 0 Å². The number of piperidine rings is 1. The minimum absolute atomic E-state index is 0.0957. The number of carbonyl (C=O) groups is 1. The van der Waals surface area contributed by atoms with Crippen LogP contribution in [0.15, 0.2) is 11.4 Å². The predicted molar refractivity (Wildman–Crippen MR) is 83.8 cm³/mol. The highest BCUT2D eigenvalue weighted by Crippen LogP contribution is 2.56. The van der Waals surface area contributed by atoms with Gasteiger partial charge in [-0.2, -0.15) is 0 Å². The largest absolute Gasteiger partial charge is 0.450 e. The number of hydrogen-bond donors (Lipinski definition) is 0. The van der Waals surface area contributed by atoms with E-state index in [2.05, 4.69) is 11.4 Å². The van der Waals surface area contributed by atoms with Crippen LogP contribution in [0.25, 0.3) is 0 Å². The van der Waals surface area contributed by atoms with Crippen LogP contribution >= 0.6 is 11.3 Å². The van der Waals surface area contributed by atoms with E-state index in [0.717, 1.165) is 19.4 Å². The summed E-state index contributed by atoms with van der Waals surface area (Å²) in [5.74, 6) is 0.645.